The van der Waals surface area contributed by atoms with Crippen LogP contribution in [0.15, 0.2) is 18.2 Å². The number of carbonyl (C=O) groups excluding carboxylic acids is 1. The van der Waals surface area contributed by atoms with Gasteiger partial charge < -0.3 is 10.1 Å². The number of ether oxygens (including phenoxy) is 1. The molecule has 1 N–H and O–H groups in total. The van der Waals surface area contributed by atoms with Gasteiger partial charge in [-0.1, -0.05) is 31.5 Å². The van der Waals surface area contributed by atoms with Gasteiger partial charge in [0.15, 0.2) is 6.10 Å². The van der Waals surface area contributed by atoms with Crippen molar-refractivity contribution in [3.8, 4) is 5.75 Å². The van der Waals surface area contributed by atoms with Gasteiger partial charge >= 0.3 is 0 Å². The van der Waals surface area contributed by atoms with Crippen LogP contribution < -0.4 is 10.1 Å². The highest BCUT2D eigenvalue weighted by Crippen LogP contribution is 2.20. The highest BCUT2D eigenvalue weighted by atomic mass is 16.5. The minimum Gasteiger partial charge on any atom is -0.480 e. The molecule has 3 heteroatoms. The summed E-state index contributed by atoms with van der Waals surface area (Å²) in [4.78, 5) is 11.9. The van der Waals surface area contributed by atoms with Gasteiger partial charge in [0.05, 0.1) is 0 Å². The molecule has 0 spiro atoms. The molecular formula is C15H23NO2. The molecule has 1 atom stereocenters. The fourth-order valence-electron chi connectivity index (χ4n) is 1.77. The van der Waals surface area contributed by atoms with E-state index in [2.05, 4.69) is 11.4 Å². The molecule has 18 heavy (non-hydrogen) atoms. The average Bonchev–Trinajstić information content (AvgIpc) is 2.35. The number of carbonyl (C=O) groups is 1. The summed E-state index contributed by atoms with van der Waals surface area (Å²) in [5.74, 6) is 0.762. The largest absolute Gasteiger partial charge is 0.480 e. The van der Waals surface area contributed by atoms with Crippen molar-refractivity contribution in [1.29, 1.82) is 0 Å². The van der Waals surface area contributed by atoms with Crippen molar-refractivity contribution >= 4 is 5.91 Å². The Bertz CT molecular complexity index is 401. The van der Waals surface area contributed by atoms with Crippen molar-refractivity contribution < 1.29 is 9.53 Å². The molecule has 1 aromatic rings. The van der Waals surface area contributed by atoms with E-state index < -0.39 is 6.10 Å². The second-order valence-corrected chi connectivity index (χ2v) is 4.57. The van der Waals surface area contributed by atoms with Crippen LogP contribution in [-0.4, -0.2) is 18.6 Å². The molecule has 0 heterocycles. The summed E-state index contributed by atoms with van der Waals surface area (Å²) in [6, 6.07) is 5.99. The SMILES string of the molecule is CCCNC(=O)C(CC)Oc1ccc(C)cc1C. The standard InChI is InChI=1S/C15H23NO2/c1-5-9-16-15(17)13(6-2)18-14-8-7-11(3)10-12(14)4/h7-8,10,13H,5-6,9H2,1-4H3,(H,16,17). The summed E-state index contributed by atoms with van der Waals surface area (Å²) in [6.07, 6.45) is 1.20. The molecule has 0 aliphatic rings. The number of hydrogen-bond donors (Lipinski definition) is 1. The Morgan fingerprint density at radius 3 is 2.61 bits per heavy atom. The second kappa shape index (κ2) is 7.04. The van der Waals surface area contributed by atoms with Crippen LogP contribution in [0.5, 0.6) is 5.75 Å². The van der Waals surface area contributed by atoms with Crippen molar-refractivity contribution in [2.45, 2.75) is 46.6 Å². The molecule has 100 valence electrons. The molecular weight excluding hydrogens is 226 g/mol. The first-order chi connectivity index (χ1) is 8.58. The van der Waals surface area contributed by atoms with Gasteiger partial charge in [0.25, 0.3) is 5.91 Å². The van der Waals surface area contributed by atoms with Crippen molar-refractivity contribution in [3.63, 3.8) is 0 Å². The summed E-state index contributed by atoms with van der Waals surface area (Å²) >= 11 is 0. The van der Waals surface area contributed by atoms with Crippen LogP contribution in [0.3, 0.4) is 0 Å². The third-order valence-corrected chi connectivity index (χ3v) is 2.81. The molecule has 1 aromatic carbocycles. The van der Waals surface area contributed by atoms with Crippen LogP contribution in [-0.2, 0) is 4.79 Å². The minimum absolute atomic E-state index is 0.0284. The molecule has 3 nitrogen and oxygen atoms in total. The zero-order valence-electron chi connectivity index (χ0n) is 11.7. The Balaban J connectivity index is 2.70. The van der Waals surface area contributed by atoms with Crippen LogP contribution in [0, 0.1) is 13.8 Å². The number of aryl methyl sites for hydroxylation is 2. The maximum atomic E-state index is 11.9. The lowest BCUT2D eigenvalue weighted by Gasteiger charge is -2.18. The number of nitrogens with one attached hydrogen (secondary N) is 1. The Labute approximate surface area is 110 Å². The average molecular weight is 249 g/mol. The van der Waals surface area contributed by atoms with Crippen molar-refractivity contribution in [2.75, 3.05) is 6.54 Å². The number of amides is 1. The molecule has 0 aliphatic carbocycles. The first-order valence-corrected chi connectivity index (χ1v) is 6.60. The lowest BCUT2D eigenvalue weighted by atomic mass is 10.1. The molecule has 1 unspecified atom stereocenters. The topological polar surface area (TPSA) is 38.3 Å². The third kappa shape index (κ3) is 4.06. The Hall–Kier alpha value is -1.51. The maximum absolute atomic E-state index is 11.9. The Kier molecular flexibility index (Phi) is 5.69. The fourth-order valence-corrected chi connectivity index (χ4v) is 1.77. The van der Waals surface area contributed by atoms with Crippen LogP contribution in [0.4, 0.5) is 0 Å². The quantitative estimate of drug-likeness (QED) is 0.841. The lowest BCUT2D eigenvalue weighted by Crippen LogP contribution is -2.38. The summed E-state index contributed by atoms with van der Waals surface area (Å²) in [5.41, 5.74) is 2.26. The zero-order chi connectivity index (χ0) is 13.5. The van der Waals surface area contributed by atoms with Gasteiger partial charge in [0, 0.05) is 6.54 Å². The fraction of sp³-hybridized carbons (Fsp3) is 0.533. The van der Waals surface area contributed by atoms with Crippen LogP contribution in [0.2, 0.25) is 0 Å². The number of rotatable bonds is 6. The third-order valence-electron chi connectivity index (χ3n) is 2.81. The molecule has 0 bridgehead atoms. The van der Waals surface area contributed by atoms with E-state index in [0.717, 1.165) is 17.7 Å². The van der Waals surface area contributed by atoms with Gasteiger partial charge in [-0.05, 0) is 38.3 Å². The van der Waals surface area contributed by atoms with Gasteiger partial charge in [0.2, 0.25) is 0 Å². The summed E-state index contributed by atoms with van der Waals surface area (Å²) in [5, 5.41) is 2.87. The number of benzene rings is 1. The molecule has 1 amide bonds. The van der Waals surface area contributed by atoms with E-state index in [1.165, 1.54) is 5.56 Å². The van der Waals surface area contributed by atoms with Crippen LogP contribution in [0.25, 0.3) is 0 Å². The first-order valence-electron chi connectivity index (χ1n) is 6.60. The number of hydrogen-bond acceptors (Lipinski definition) is 2. The van der Waals surface area contributed by atoms with E-state index in [-0.39, 0.29) is 5.91 Å². The lowest BCUT2D eigenvalue weighted by molar-refractivity contribution is -0.128. The zero-order valence-corrected chi connectivity index (χ0v) is 11.7. The molecule has 0 fully saturated rings. The van der Waals surface area contributed by atoms with Gasteiger partial charge in [-0.25, -0.2) is 0 Å². The van der Waals surface area contributed by atoms with Gasteiger partial charge in [-0.3, -0.25) is 4.79 Å². The molecule has 0 aromatic heterocycles. The maximum Gasteiger partial charge on any atom is 0.261 e. The first kappa shape index (κ1) is 14.6. The predicted octanol–water partition coefficient (Wildman–Crippen LogP) is 2.99. The predicted molar refractivity (Wildman–Crippen MR) is 73.9 cm³/mol. The summed E-state index contributed by atoms with van der Waals surface area (Å²) < 4.78 is 5.80. The van der Waals surface area contributed by atoms with Crippen molar-refractivity contribution in [3.05, 3.63) is 29.3 Å². The molecule has 0 saturated carbocycles. The minimum atomic E-state index is -0.405. The van der Waals surface area contributed by atoms with Crippen molar-refractivity contribution in [2.24, 2.45) is 0 Å². The summed E-state index contributed by atoms with van der Waals surface area (Å²) in [7, 11) is 0. The highest BCUT2D eigenvalue weighted by Gasteiger charge is 2.18. The van der Waals surface area contributed by atoms with E-state index in [9.17, 15) is 4.79 Å². The van der Waals surface area contributed by atoms with Crippen LogP contribution >= 0.6 is 0 Å². The van der Waals surface area contributed by atoms with Crippen molar-refractivity contribution in [1.82, 2.24) is 5.32 Å². The monoisotopic (exact) mass is 249 g/mol. The molecule has 0 radical (unpaired) electrons. The molecule has 1 rings (SSSR count). The van der Waals surface area contributed by atoms with E-state index in [4.69, 9.17) is 4.74 Å². The van der Waals surface area contributed by atoms with E-state index in [0.29, 0.717) is 13.0 Å². The molecule has 0 aliphatic heterocycles. The van der Waals surface area contributed by atoms with Gasteiger partial charge in [-0.15, -0.1) is 0 Å². The van der Waals surface area contributed by atoms with Gasteiger partial charge in [-0.2, -0.15) is 0 Å². The van der Waals surface area contributed by atoms with Crippen LogP contribution in [0.1, 0.15) is 37.8 Å². The Morgan fingerprint density at radius 1 is 1.33 bits per heavy atom. The van der Waals surface area contributed by atoms with E-state index in [1.54, 1.807) is 0 Å². The van der Waals surface area contributed by atoms with E-state index >= 15 is 0 Å². The smallest absolute Gasteiger partial charge is 0.261 e. The second-order valence-electron chi connectivity index (χ2n) is 4.57. The normalized spacial score (nSPS) is 12.0. The van der Waals surface area contributed by atoms with Gasteiger partial charge in [0.1, 0.15) is 5.75 Å². The molecule has 0 saturated heterocycles. The highest BCUT2D eigenvalue weighted by molar-refractivity contribution is 5.81. The summed E-state index contributed by atoms with van der Waals surface area (Å²) in [6.45, 7) is 8.73. The Morgan fingerprint density at radius 2 is 2.06 bits per heavy atom. The van der Waals surface area contributed by atoms with E-state index in [1.807, 2.05) is 39.8 Å².